The van der Waals surface area contributed by atoms with Crippen LogP contribution < -0.4 is 5.14 Å². The average Bonchev–Trinajstić information content (AvgIpc) is 2.54. The van der Waals surface area contributed by atoms with Crippen LogP contribution in [-0.2, 0) is 5.60 Å². The molecule has 0 saturated carbocycles. The van der Waals surface area contributed by atoms with Crippen molar-refractivity contribution in [2.75, 3.05) is 7.11 Å². The fraction of sp³-hybridized carbons (Fsp3) is 0.500. The molecule has 5 heteroatoms. The Bertz CT molecular complexity index is 242. The zero-order chi connectivity index (χ0) is 10.5. The van der Waals surface area contributed by atoms with Gasteiger partial charge in [0.1, 0.15) is 0 Å². The Balaban J connectivity index is 0.000000671. The molecule has 1 heterocycles. The molecule has 0 amide bonds. The number of hydrogen-bond donors (Lipinski definition) is 3. The van der Waals surface area contributed by atoms with Gasteiger partial charge in [0.25, 0.3) is 0 Å². The van der Waals surface area contributed by atoms with E-state index in [0.717, 1.165) is 24.6 Å². The molecule has 0 atom stereocenters. The molecular formula is C8H15NO3S. The van der Waals surface area contributed by atoms with Gasteiger partial charge in [-0.1, -0.05) is 0 Å². The summed E-state index contributed by atoms with van der Waals surface area (Å²) in [5.74, 6) is 0. The minimum atomic E-state index is -0.850. The van der Waals surface area contributed by atoms with Crippen LogP contribution in [0.2, 0.25) is 0 Å². The van der Waals surface area contributed by atoms with Crippen molar-refractivity contribution in [2.24, 2.45) is 5.14 Å². The normalized spacial score (nSPS) is 10.6. The van der Waals surface area contributed by atoms with Gasteiger partial charge >= 0.3 is 0 Å². The maximum Gasteiger partial charge on any atom is 0.175 e. The van der Waals surface area contributed by atoms with Gasteiger partial charge in [-0.25, -0.2) is 0 Å². The smallest absolute Gasteiger partial charge is 0.175 e. The van der Waals surface area contributed by atoms with Crippen LogP contribution in [0.4, 0.5) is 0 Å². The molecule has 0 fully saturated rings. The molecule has 4 N–H and O–H groups in total. The van der Waals surface area contributed by atoms with Crippen LogP contribution in [0.15, 0.2) is 21.8 Å². The first-order chi connectivity index (χ1) is 6.04. The van der Waals surface area contributed by atoms with E-state index in [1.165, 1.54) is 6.26 Å². The topological polar surface area (TPSA) is 79.6 Å². The summed E-state index contributed by atoms with van der Waals surface area (Å²) in [7, 11) is 1.00. The summed E-state index contributed by atoms with van der Waals surface area (Å²) in [6.07, 6.45) is 1.51. The highest BCUT2D eigenvalue weighted by atomic mass is 32.2. The van der Waals surface area contributed by atoms with E-state index < -0.39 is 5.60 Å². The van der Waals surface area contributed by atoms with E-state index in [0.29, 0.717) is 5.09 Å². The third-order valence-electron chi connectivity index (χ3n) is 1.40. The summed E-state index contributed by atoms with van der Waals surface area (Å²) in [6.45, 7) is 3.39. The van der Waals surface area contributed by atoms with Gasteiger partial charge in [0.05, 0.1) is 11.9 Å². The van der Waals surface area contributed by atoms with Crippen LogP contribution >= 0.6 is 11.9 Å². The van der Waals surface area contributed by atoms with Crippen molar-refractivity contribution in [3.8, 4) is 0 Å². The molecule has 1 aromatic rings. The van der Waals surface area contributed by atoms with Gasteiger partial charge < -0.3 is 14.6 Å². The molecule has 0 aromatic carbocycles. The predicted octanol–water partition coefficient (Wildman–Crippen LogP) is 1.08. The predicted molar refractivity (Wildman–Crippen MR) is 52.1 cm³/mol. The minimum absolute atomic E-state index is 0.613. The number of nitrogens with two attached hydrogens (primary N) is 1. The van der Waals surface area contributed by atoms with E-state index >= 15 is 0 Å². The quantitative estimate of drug-likeness (QED) is 0.630. The lowest BCUT2D eigenvalue weighted by Crippen LogP contribution is -2.13. The molecule has 1 aromatic heterocycles. The summed E-state index contributed by atoms with van der Waals surface area (Å²) >= 11 is 1.03. The van der Waals surface area contributed by atoms with E-state index in [1.807, 2.05) is 0 Å². The highest BCUT2D eigenvalue weighted by Crippen LogP contribution is 2.24. The average molecular weight is 205 g/mol. The van der Waals surface area contributed by atoms with Crippen LogP contribution in [0, 0.1) is 0 Å². The third kappa shape index (κ3) is 3.82. The summed E-state index contributed by atoms with van der Waals surface area (Å²) < 4.78 is 5.02. The number of hydrogen-bond acceptors (Lipinski definition) is 5. The molecule has 0 radical (unpaired) electrons. The molecule has 0 bridgehead atoms. The standard InChI is InChI=1S/C7H11NO2S.CH4O/c1-7(2,9)5-3-6(11-8)10-4-5;1-2/h3-4,9H,8H2,1-2H3;2H,1H3. The van der Waals surface area contributed by atoms with Gasteiger partial charge in [0.2, 0.25) is 0 Å². The van der Waals surface area contributed by atoms with Gasteiger partial charge in [-0.3, -0.25) is 5.14 Å². The van der Waals surface area contributed by atoms with Crippen molar-refractivity contribution >= 4 is 11.9 Å². The van der Waals surface area contributed by atoms with Gasteiger partial charge in [0, 0.05) is 12.7 Å². The van der Waals surface area contributed by atoms with Gasteiger partial charge in [0.15, 0.2) is 5.09 Å². The minimum Gasteiger partial charge on any atom is -0.456 e. The maximum atomic E-state index is 9.49. The third-order valence-corrected chi connectivity index (χ3v) is 1.84. The number of furan rings is 1. The van der Waals surface area contributed by atoms with Crippen molar-refractivity contribution in [3.05, 3.63) is 17.9 Å². The maximum absolute atomic E-state index is 9.49. The fourth-order valence-corrected chi connectivity index (χ4v) is 0.998. The van der Waals surface area contributed by atoms with E-state index in [1.54, 1.807) is 19.9 Å². The summed E-state index contributed by atoms with van der Waals surface area (Å²) in [5.41, 5.74) is -0.109. The molecule has 0 aliphatic carbocycles. The Labute approximate surface area is 81.9 Å². The monoisotopic (exact) mass is 205 g/mol. The second-order valence-electron chi connectivity index (χ2n) is 2.83. The SMILES string of the molecule is CC(C)(O)c1coc(SN)c1.CO. The molecule has 4 nitrogen and oxygen atoms in total. The van der Waals surface area contributed by atoms with Crippen LogP contribution in [-0.4, -0.2) is 17.3 Å². The van der Waals surface area contributed by atoms with Crippen LogP contribution in [0.1, 0.15) is 19.4 Å². The van der Waals surface area contributed by atoms with E-state index in [9.17, 15) is 5.11 Å². The van der Waals surface area contributed by atoms with Crippen molar-refractivity contribution < 1.29 is 14.6 Å². The molecule has 1 rings (SSSR count). The summed E-state index contributed by atoms with van der Waals surface area (Å²) in [6, 6.07) is 1.73. The number of aliphatic hydroxyl groups is 2. The lowest BCUT2D eigenvalue weighted by atomic mass is 10.0. The Kier molecular flexibility index (Phi) is 5.09. The second-order valence-corrected chi connectivity index (χ2v) is 3.47. The van der Waals surface area contributed by atoms with Crippen LogP contribution in [0.5, 0.6) is 0 Å². The molecule has 13 heavy (non-hydrogen) atoms. The zero-order valence-electron chi connectivity index (χ0n) is 7.94. The summed E-state index contributed by atoms with van der Waals surface area (Å²) in [4.78, 5) is 0. The molecular weight excluding hydrogens is 190 g/mol. The Morgan fingerprint density at radius 2 is 2.00 bits per heavy atom. The highest BCUT2D eigenvalue weighted by Gasteiger charge is 2.18. The number of rotatable bonds is 2. The Morgan fingerprint density at radius 1 is 1.46 bits per heavy atom. The largest absolute Gasteiger partial charge is 0.456 e. The van der Waals surface area contributed by atoms with Crippen LogP contribution in [0.3, 0.4) is 0 Å². The summed E-state index contributed by atoms with van der Waals surface area (Å²) in [5, 5.41) is 22.3. The van der Waals surface area contributed by atoms with Gasteiger partial charge in [-0.2, -0.15) is 0 Å². The first-order valence-electron chi connectivity index (χ1n) is 3.67. The van der Waals surface area contributed by atoms with Crippen molar-refractivity contribution in [3.63, 3.8) is 0 Å². The molecule has 0 spiro atoms. The number of aliphatic hydroxyl groups excluding tert-OH is 1. The fourth-order valence-electron chi connectivity index (χ4n) is 0.699. The first kappa shape index (κ1) is 12.5. The Hall–Kier alpha value is -0.490. The Morgan fingerprint density at radius 3 is 2.23 bits per heavy atom. The molecule has 0 aliphatic rings. The molecule has 0 unspecified atom stereocenters. The lowest BCUT2D eigenvalue weighted by Gasteiger charge is -2.13. The van der Waals surface area contributed by atoms with Gasteiger partial charge in [-0.15, -0.1) is 0 Å². The van der Waals surface area contributed by atoms with E-state index in [4.69, 9.17) is 14.7 Å². The van der Waals surface area contributed by atoms with Crippen molar-refractivity contribution in [2.45, 2.75) is 24.5 Å². The van der Waals surface area contributed by atoms with Crippen molar-refractivity contribution in [1.29, 1.82) is 0 Å². The molecule has 0 aliphatic heterocycles. The molecule has 0 saturated heterocycles. The zero-order valence-corrected chi connectivity index (χ0v) is 8.76. The first-order valence-corrected chi connectivity index (χ1v) is 4.55. The van der Waals surface area contributed by atoms with Crippen LogP contribution in [0.25, 0.3) is 0 Å². The van der Waals surface area contributed by atoms with E-state index in [-0.39, 0.29) is 0 Å². The lowest BCUT2D eigenvalue weighted by molar-refractivity contribution is 0.0779. The van der Waals surface area contributed by atoms with Crippen molar-refractivity contribution in [1.82, 2.24) is 0 Å². The highest BCUT2D eigenvalue weighted by molar-refractivity contribution is 7.96. The van der Waals surface area contributed by atoms with E-state index in [2.05, 4.69) is 0 Å². The molecule has 76 valence electrons. The van der Waals surface area contributed by atoms with Gasteiger partial charge in [-0.05, 0) is 31.9 Å². The second kappa shape index (κ2) is 5.29.